The molecule has 0 aliphatic carbocycles. The topological polar surface area (TPSA) is 68.3 Å². The summed E-state index contributed by atoms with van der Waals surface area (Å²) in [5.41, 5.74) is 4.25. The highest BCUT2D eigenvalue weighted by atomic mass is 16.4. The number of carboxylic acids is 1. The molecule has 0 unspecified atom stereocenters. The van der Waals surface area contributed by atoms with Gasteiger partial charge in [0.2, 0.25) is 5.89 Å². The number of nitrogens with zero attached hydrogens (tertiary/aromatic N) is 2. The van der Waals surface area contributed by atoms with Gasteiger partial charge in [-0.1, -0.05) is 42.5 Å². The quantitative estimate of drug-likeness (QED) is 0.393. The van der Waals surface area contributed by atoms with Gasteiger partial charge in [0, 0.05) is 24.4 Å². The molecule has 4 aromatic rings. The summed E-state index contributed by atoms with van der Waals surface area (Å²) in [5.74, 6) is 0.727. The Balaban J connectivity index is 1.33. The van der Waals surface area contributed by atoms with Gasteiger partial charge in [0.1, 0.15) is 11.8 Å². The minimum atomic E-state index is -0.821. The van der Waals surface area contributed by atoms with Crippen LogP contribution in [0.5, 0.6) is 0 Å². The van der Waals surface area contributed by atoms with Crippen molar-refractivity contribution in [3.8, 4) is 11.5 Å². The Kier molecular flexibility index (Phi) is 6.32. The van der Waals surface area contributed by atoms with Crippen LogP contribution >= 0.6 is 0 Å². The summed E-state index contributed by atoms with van der Waals surface area (Å²) in [4.78, 5) is 16.3. The Morgan fingerprint density at radius 1 is 0.968 bits per heavy atom. The third kappa shape index (κ3) is 5.12. The van der Waals surface area contributed by atoms with E-state index in [2.05, 4.69) is 17.1 Å². The molecule has 0 saturated heterocycles. The van der Waals surface area contributed by atoms with Crippen LogP contribution in [0, 0.1) is 6.92 Å². The summed E-state index contributed by atoms with van der Waals surface area (Å²) in [5, 5.41) is 9.55. The highest BCUT2D eigenvalue weighted by molar-refractivity contribution is 5.72. The molecule has 0 saturated carbocycles. The number of oxazole rings is 1. The van der Waals surface area contributed by atoms with Gasteiger partial charge in [-0.05, 0) is 61.6 Å². The lowest BCUT2D eigenvalue weighted by Gasteiger charge is -2.14. The molecule has 0 radical (unpaired) electrons. The van der Waals surface area contributed by atoms with Crippen LogP contribution in [0.3, 0.4) is 0 Å². The Bertz CT molecular complexity index is 1110. The summed E-state index contributed by atoms with van der Waals surface area (Å²) in [6.07, 6.45) is 6.82. The molecule has 0 aliphatic rings. The highest BCUT2D eigenvalue weighted by Gasteiger charge is 2.19. The summed E-state index contributed by atoms with van der Waals surface area (Å²) in [6, 6.07) is 21.3. The fourth-order valence-electron chi connectivity index (χ4n) is 3.77. The van der Waals surface area contributed by atoms with Crippen LogP contribution in [0.1, 0.15) is 35.0 Å². The Morgan fingerprint density at radius 3 is 2.32 bits per heavy atom. The van der Waals surface area contributed by atoms with Gasteiger partial charge in [-0.3, -0.25) is 0 Å². The van der Waals surface area contributed by atoms with Crippen molar-refractivity contribution in [3.05, 3.63) is 102 Å². The monoisotopic (exact) mass is 414 g/mol. The van der Waals surface area contributed by atoms with E-state index in [4.69, 9.17) is 4.42 Å². The highest BCUT2D eigenvalue weighted by Crippen LogP contribution is 2.23. The molecule has 2 aromatic heterocycles. The van der Waals surface area contributed by atoms with Crippen LogP contribution in [0.4, 0.5) is 0 Å². The van der Waals surface area contributed by atoms with Crippen molar-refractivity contribution in [3.63, 3.8) is 0 Å². The number of benzene rings is 2. The van der Waals surface area contributed by atoms with Crippen molar-refractivity contribution in [2.75, 3.05) is 0 Å². The molecule has 0 spiro atoms. The second kappa shape index (κ2) is 9.47. The number of aliphatic carboxylic acids is 1. The van der Waals surface area contributed by atoms with E-state index >= 15 is 0 Å². The molecule has 5 nitrogen and oxygen atoms in total. The first-order chi connectivity index (χ1) is 15.1. The third-order valence-corrected chi connectivity index (χ3v) is 5.52. The second-order valence-corrected chi connectivity index (χ2v) is 7.75. The molecule has 0 aliphatic heterocycles. The molecule has 158 valence electrons. The molecule has 0 fully saturated rings. The fourth-order valence-corrected chi connectivity index (χ4v) is 3.77. The minimum absolute atomic E-state index is 0.463. The second-order valence-electron chi connectivity index (χ2n) is 7.75. The van der Waals surface area contributed by atoms with Crippen LogP contribution < -0.4 is 0 Å². The third-order valence-electron chi connectivity index (χ3n) is 5.52. The molecule has 1 atom stereocenters. The molecule has 0 bridgehead atoms. The van der Waals surface area contributed by atoms with Crippen LogP contribution in [0.15, 0.2) is 83.5 Å². The summed E-state index contributed by atoms with van der Waals surface area (Å²) in [6.45, 7) is 1.97. The van der Waals surface area contributed by atoms with Crippen molar-refractivity contribution in [1.29, 1.82) is 0 Å². The van der Waals surface area contributed by atoms with E-state index in [1.54, 1.807) is 17.0 Å². The Hall–Kier alpha value is -3.60. The number of hydrogen-bond donors (Lipinski definition) is 1. The van der Waals surface area contributed by atoms with E-state index in [-0.39, 0.29) is 0 Å². The van der Waals surface area contributed by atoms with Gasteiger partial charge in [-0.2, -0.15) is 0 Å². The lowest BCUT2D eigenvalue weighted by Crippen LogP contribution is -2.20. The zero-order chi connectivity index (χ0) is 21.6. The lowest BCUT2D eigenvalue weighted by molar-refractivity contribution is -0.140. The van der Waals surface area contributed by atoms with Crippen molar-refractivity contribution < 1.29 is 14.3 Å². The number of rotatable bonds is 9. The molecule has 31 heavy (non-hydrogen) atoms. The maximum absolute atomic E-state index is 11.6. The van der Waals surface area contributed by atoms with Gasteiger partial charge < -0.3 is 14.1 Å². The first kappa shape index (κ1) is 20.7. The SMILES string of the molecule is Cc1oc(-c2ccccc2)nc1CCCc1ccc(C[C@H](C(=O)O)n2cccc2)cc1. The Labute approximate surface area is 182 Å². The molecular weight excluding hydrogens is 388 g/mol. The number of aryl methyl sites for hydroxylation is 3. The van der Waals surface area contributed by atoms with Crippen LogP contribution in [0.25, 0.3) is 11.5 Å². The predicted molar refractivity (Wildman–Crippen MR) is 120 cm³/mol. The molecule has 2 aromatic carbocycles. The van der Waals surface area contributed by atoms with E-state index in [0.717, 1.165) is 41.8 Å². The average molecular weight is 415 g/mol. The normalized spacial score (nSPS) is 12.0. The Morgan fingerprint density at radius 2 is 1.65 bits per heavy atom. The largest absolute Gasteiger partial charge is 0.480 e. The molecule has 4 rings (SSSR count). The van der Waals surface area contributed by atoms with E-state index in [9.17, 15) is 9.90 Å². The number of hydrogen-bond acceptors (Lipinski definition) is 3. The lowest BCUT2D eigenvalue weighted by atomic mass is 10.0. The predicted octanol–water partition coefficient (Wildman–Crippen LogP) is 5.50. The van der Waals surface area contributed by atoms with Crippen LogP contribution in [-0.4, -0.2) is 20.6 Å². The molecule has 2 heterocycles. The fraction of sp³-hybridized carbons (Fsp3) is 0.231. The number of carboxylic acid groups (broad SMARTS) is 1. The number of aromatic nitrogens is 2. The summed E-state index contributed by atoms with van der Waals surface area (Å²) < 4.78 is 7.58. The van der Waals surface area contributed by atoms with Gasteiger partial charge in [0.15, 0.2) is 0 Å². The van der Waals surface area contributed by atoms with Crippen molar-refractivity contribution in [2.24, 2.45) is 0 Å². The van der Waals surface area contributed by atoms with Gasteiger partial charge in [0.25, 0.3) is 0 Å². The molecule has 0 amide bonds. The summed E-state index contributed by atoms with van der Waals surface area (Å²) in [7, 11) is 0. The standard InChI is InChI=1S/C26H26N2O3/c1-19-23(27-25(31-19)22-9-3-2-4-10-22)11-7-8-20-12-14-21(15-13-20)18-24(26(29)30)28-16-5-6-17-28/h2-6,9-10,12-17,24H,7-8,11,18H2,1H3,(H,29,30)/t24-/m1/s1. The minimum Gasteiger partial charge on any atom is -0.480 e. The first-order valence-electron chi connectivity index (χ1n) is 10.5. The van der Waals surface area contributed by atoms with Gasteiger partial charge in [0.05, 0.1) is 5.69 Å². The average Bonchev–Trinajstić information content (AvgIpc) is 3.44. The maximum atomic E-state index is 11.6. The van der Waals surface area contributed by atoms with Crippen LogP contribution in [0.2, 0.25) is 0 Å². The van der Waals surface area contributed by atoms with E-state index < -0.39 is 12.0 Å². The summed E-state index contributed by atoms with van der Waals surface area (Å²) >= 11 is 0. The van der Waals surface area contributed by atoms with Crippen LogP contribution in [-0.2, 0) is 24.1 Å². The zero-order valence-corrected chi connectivity index (χ0v) is 17.6. The molecule has 1 N–H and O–H groups in total. The van der Waals surface area contributed by atoms with Crippen molar-refractivity contribution >= 4 is 5.97 Å². The zero-order valence-electron chi connectivity index (χ0n) is 17.6. The van der Waals surface area contributed by atoms with Gasteiger partial charge in [-0.25, -0.2) is 9.78 Å². The van der Waals surface area contributed by atoms with E-state index in [0.29, 0.717) is 12.3 Å². The van der Waals surface area contributed by atoms with Crippen molar-refractivity contribution in [2.45, 2.75) is 38.6 Å². The molecule has 5 heteroatoms. The maximum Gasteiger partial charge on any atom is 0.327 e. The van der Waals surface area contributed by atoms with Gasteiger partial charge >= 0.3 is 5.97 Å². The van der Waals surface area contributed by atoms with Crippen molar-refractivity contribution in [1.82, 2.24) is 9.55 Å². The van der Waals surface area contributed by atoms with E-state index in [1.807, 2.05) is 61.5 Å². The number of carbonyl (C=O) groups is 1. The first-order valence-corrected chi connectivity index (χ1v) is 10.5. The van der Waals surface area contributed by atoms with E-state index in [1.165, 1.54) is 5.56 Å². The molecular formula is C26H26N2O3. The smallest absolute Gasteiger partial charge is 0.327 e. The van der Waals surface area contributed by atoms with Gasteiger partial charge in [-0.15, -0.1) is 0 Å².